The molecule has 140 valence electrons. The van der Waals surface area contributed by atoms with Gasteiger partial charge in [0.25, 0.3) is 0 Å². The predicted molar refractivity (Wildman–Crippen MR) is 105 cm³/mol. The van der Waals surface area contributed by atoms with Gasteiger partial charge >= 0.3 is 0 Å². The van der Waals surface area contributed by atoms with Crippen LogP contribution in [0.5, 0.6) is 5.75 Å². The fraction of sp³-hybridized carbons (Fsp3) is 0.455. The lowest BCUT2D eigenvalue weighted by Crippen LogP contribution is -2.50. The molecule has 4 nitrogen and oxygen atoms in total. The normalized spacial score (nSPS) is 20.9. The van der Waals surface area contributed by atoms with Crippen molar-refractivity contribution in [3.05, 3.63) is 59.7 Å². The van der Waals surface area contributed by atoms with Crippen molar-refractivity contribution in [2.45, 2.75) is 45.0 Å². The molecule has 2 aromatic rings. The Labute approximate surface area is 156 Å². The third kappa shape index (κ3) is 4.02. The van der Waals surface area contributed by atoms with Gasteiger partial charge in [0.05, 0.1) is 6.61 Å². The molecule has 2 atom stereocenters. The SMILES string of the molecule is CCNc1ccc2c(c1)C(OCCc1ccccc1)C(OC)C(C)(C)O2. The van der Waals surface area contributed by atoms with Crippen molar-refractivity contribution in [2.24, 2.45) is 0 Å². The van der Waals surface area contributed by atoms with Crippen LogP contribution in [0.2, 0.25) is 0 Å². The van der Waals surface area contributed by atoms with E-state index in [1.165, 1.54) is 5.56 Å². The summed E-state index contributed by atoms with van der Waals surface area (Å²) in [6, 6.07) is 16.6. The second-order valence-electron chi connectivity index (χ2n) is 7.17. The Morgan fingerprint density at radius 1 is 1.12 bits per heavy atom. The van der Waals surface area contributed by atoms with Crippen LogP contribution >= 0.6 is 0 Å². The van der Waals surface area contributed by atoms with Crippen LogP contribution in [0.3, 0.4) is 0 Å². The summed E-state index contributed by atoms with van der Waals surface area (Å²) in [4.78, 5) is 0. The molecule has 0 saturated heterocycles. The molecule has 1 aliphatic rings. The van der Waals surface area contributed by atoms with Gasteiger partial charge in [0.2, 0.25) is 0 Å². The van der Waals surface area contributed by atoms with Crippen LogP contribution in [0.1, 0.15) is 38.0 Å². The van der Waals surface area contributed by atoms with E-state index in [1.807, 2.05) is 18.2 Å². The van der Waals surface area contributed by atoms with Gasteiger partial charge in [-0.3, -0.25) is 0 Å². The molecule has 2 aromatic carbocycles. The van der Waals surface area contributed by atoms with Gasteiger partial charge in [0.15, 0.2) is 0 Å². The first-order valence-electron chi connectivity index (χ1n) is 9.30. The standard InChI is InChI=1S/C22H29NO3/c1-5-23-17-11-12-19-18(15-17)20(21(24-4)22(2,3)26-19)25-14-13-16-9-7-6-8-10-16/h6-12,15,20-21,23H,5,13-14H2,1-4H3. The summed E-state index contributed by atoms with van der Waals surface area (Å²) in [5.41, 5.74) is 2.93. The fourth-order valence-electron chi connectivity index (χ4n) is 3.58. The summed E-state index contributed by atoms with van der Waals surface area (Å²) in [6.45, 7) is 7.70. The molecule has 3 rings (SSSR count). The van der Waals surface area contributed by atoms with Gasteiger partial charge in [0.1, 0.15) is 23.6 Å². The molecule has 1 N–H and O–H groups in total. The van der Waals surface area contributed by atoms with Crippen LogP contribution in [0.15, 0.2) is 48.5 Å². The first-order valence-corrected chi connectivity index (χ1v) is 9.30. The summed E-state index contributed by atoms with van der Waals surface area (Å²) in [6.07, 6.45) is 0.529. The quantitative estimate of drug-likeness (QED) is 0.788. The number of fused-ring (bicyclic) bond motifs is 1. The number of benzene rings is 2. The largest absolute Gasteiger partial charge is 0.485 e. The first kappa shape index (κ1) is 18.7. The Bertz CT molecular complexity index is 715. The maximum atomic E-state index is 6.35. The molecule has 0 fully saturated rings. The van der Waals surface area contributed by atoms with Crippen molar-refractivity contribution in [1.29, 1.82) is 0 Å². The fourth-order valence-corrected chi connectivity index (χ4v) is 3.58. The highest BCUT2D eigenvalue weighted by Gasteiger charge is 2.45. The average Bonchev–Trinajstić information content (AvgIpc) is 2.62. The van der Waals surface area contributed by atoms with Gasteiger partial charge in [-0.2, -0.15) is 0 Å². The van der Waals surface area contributed by atoms with Gasteiger partial charge in [-0.15, -0.1) is 0 Å². The van der Waals surface area contributed by atoms with Gasteiger partial charge in [-0.25, -0.2) is 0 Å². The highest BCUT2D eigenvalue weighted by molar-refractivity contribution is 5.53. The van der Waals surface area contributed by atoms with E-state index in [0.29, 0.717) is 6.61 Å². The minimum atomic E-state index is -0.459. The molecule has 0 amide bonds. The maximum absolute atomic E-state index is 6.35. The predicted octanol–water partition coefficient (Wildman–Crippen LogP) is 4.60. The smallest absolute Gasteiger partial charge is 0.132 e. The van der Waals surface area contributed by atoms with Gasteiger partial charge in [-0.05, 0) is 51.0 Å². The van der Waals surface area contributed by atoms with Gasteiger partial charge < -0.3 is 19.5 Å². The van der Waals surface area contributed by atoms with Crippen molar-refractivity contribution < 1.29 is 14.2 Å². The molecule has 0 radical (unpaired) electrons. The van der Waals surface area contributed by atoms with Crippen LogP contribution in [0, 0.1) is 0 Å². The summed E-state index contributed by atoms with van der Waals surface area (Å²) >= 11 is 0. The topological polar surface area (TPSA) is 39.7 Å². The minimum Gasteiger partial charge on any atom is -0.485 e. The van der Waals surface area contributed by atoms with E-state index in [4.69, 9.17) is 14.2 Å². The van der Waals surface area contributed by atoms with Crippen LogP contribution < -0.4 is 10.1 Å². The highest BCUT2D eigenvalue weighted by atomic mass is 16.6. The summed E-state index contributed by atoms with van der Waals surface area (Å²) < 4.78 is 18.4. The number of methoxy groups -OCH3 is 1. The summed E-state index contributed by atoms with van der Waals surface area (Å²) in [5.74, 6) is 0.870. The Kier molecular flexibility index (Phi) is 5.84. The number of nitrogens with one attached hydrogen (secondary N) is 1. The number of hydrogen-bond acceptors (Lipinski definition) is 4. The van der Waals surface area contributed by atoms with Gasteiger partial charge in [-0.1, -0.05) is 30.3 Å². The van der Waals surface area contributed by atoms with E-state index in [9.17, 15) is 0 Å². The van der Waals surface area contributed by atoms with Crippen LogP contribution in [-0.2, 0) is 15.9 Å². The van der Waals surface area contributed by atoms with Crippen molar-refractivity contribution in [2.75, 3.05) is 25.6 Å². The van der Waals surface area contributed by atoms with Crippen LogP contribution in [-0.4, -0.2) is 32.0 Å². The molecule has 4 heteroatoms. The van der Waals surface area contributed by atoms with Crippen molar-refractivity contribution in [3.63, 3.8) is 0 Å². The lowest BCUT2D eigenvalue weighted by Gasteiger charge is -2.43. The molecule has 0 bridgehead atoms. The Morgan fingerprint density at radius 3 is 2.58 bits per heavy atom. The van der Waals surface area contributed by atoms with Crippen LogP contribution in [0.4, 0.5) is 5.69 Å². The van der Waals surface area contributed by atoms with E-state index >= 15 is 0 Å². The van der Waals surface area contributed by atoms with Gasteiger partial charge in [0, 0.05) is 24.9 Å². The molecule has 26 heavy (non-hydrogen) atoms. The third-order valence-electron chi connectivity index (χ3n) is 4.82. The Hall–Kier alpha value is -2.04. The number of anilines is 1. The summed E-state index contributed by atoms with van der Waals surface area (Å²) in [5, 5.41) is 3.36. The molecule has 1 heterocycles. The van der Waals surface area contributed by atoms with E-state index in [1.54, 1.807) is 7.11 Å². The average molecular weight is 355 g/mol. The zero-order valence-corrected chi connectivity index (χ0v) is 16.1. The number of rotatable bonds is 7. The first-order chi connectivity index (χ1) is 12.5. The van der Waals surface area contributed by atoms with E-state index in [0.717, 1.165) is 30.0 Å². The van der Waals surface area contributed by atoms with E-state index < -0.39 is 5.60 Å². The van der Waals surface area contributed by atoms with Crippen LogP contribution in [0.25, 0.3) is 0 Å². The van der Waals surface area contributed by atoms with E-state index in [-0.39, 0.29) is 12.2 Å². The second-order valence-corrected chi connectivity index (χ2v) is 7.17. The minimum absolute atomic E-state index is 0.166. The molecule has 0 saturated carbocycles. The zero-order chi connectivity index (χ0) is 18.6. The Morgan fingerprint density at radius 2 is 1.88 bits per heavy atom. The molecular formula is C22H29NO3. The molecule has 1 aliphatic heterocycles. The van der Waals surface area contributed by atoms with Crippen molar-refractivity contribution in [1.82, 2.24) is 0 Å². The third-order valence-corrected chi connectivity index (χ3v) is 4.82. The monoisotopic (exact) mass is 355 g/mol. The van der Waals surface area contributed by atoms with Crippen molar-refractivity contribution >= 4 is 5.69 Å². The summed E-state index contributed by atoms with van der Waals surface area (Å²) in [7, 11) is 1.72. The number of hydrogen-bond donors (Lipinski definition) is 1. The number of ether oxygens (including phenoxy) is 3. The molecule has 0 spiro atoms. The lowest BCUT2D eigenvalue weighted by atomic mass is 9.88. The second kappa shape index (κ2) is 8.11. The maximum Gasteiger partial charge on any atom is 0.132 e. The highest BCUT2D eigenvalue weighted by Crippen LogP contribution is 2.44. The lowest BCUT2D eigenvalue weighted by molar-refractivity contribution is -0.149. The van der Waals surface area contributed by atoms with E-state index in [2.05, 4.69) is 56.4 Å². The Balaban J connectivity index is 1.83. The molecular weight excluding hydrogens is 326 g/mol. The molecule has 2 unspecified atom stereocenters. The zero-order valence-electron chi connectivity index (χ0n) is 16.1. The molecule has 0 aliphatic carbocycles. The molecule has 0 aromatic heterocycles. The van der Waals surface area contributed by atoms with Crippen molar-refractivity contribution in [3.8, 4) is 5.75 Å².